The number of quaternary nitrogens is 1. The number of likely N-dealkylation sites (N-methyl/N-ethyl adjacent to an activating group) is 1. The van der Waals surface area contributed by atoms with Crippen molar-refractivity contribution < 1.29 is 14.2 Å². The summed E-state index contributed by atoms with van der Waals surface area (Å²) in [4.78, 5) is 17.7. The predicted octanol–water partition coefficient (Wildman–Crippen LogP) is 2.61. The largest absolute Gasteiger partial charge is 0.333 e. The summed E-state index contributed by atoms with van der Waals surface area (Å²) in [5, 5.41) is 7.63. The number of carbonyl (C=O) groups is 1. The Bertz CT molecular complexity index is 908. The first-order chi connectivity index (χ1) is 13.0. The van der Waals surface area contributed by atoms with E-state index < -0.39 is 0 Å². The van der Waals surface area contributed by atoms with Gasteiger partial charge in [0.15, 0.2) is 13.1 Å². The lowest BCUT2D eigenvalue weighted by atomic mass is 10.1. The SMILES string of the molecule is CCc1ccccc1NC(=O)C[NH+](C)Cc1nc(-c2ccc(Cl)cc2)no1. The van der Waals surface area contributed by atoms with Crippen LogP contribution in [0.2, 0.25) is 5.02 Å². The van der Waals surface area contributed by atoms with Gasteiger partial charge in [-0.3, -0.25) is 4.79 Å². The summed E-state index contributed by atoms with van der Waals surface area (Å²) in [6.45, 7) is 2.83. The van der Waals surface area contributed by atoms with Crippen LogP contribution in [0.3, 0.4) is 0 Å². The van der Waals surface area contributed by atoms with Crippen LogP contribution < -0.4 is 10.2 Å². The number of amides is 1. The zero-order chi connectivity index (χ0) is 19.2. The summed E-state index contributed by atoms with van der Waals surface area (Å²) in [5.41, 5.74) is 2.81. The standard InChI is InChI=1S/C20H21ClN4O2/c1-3-14-6-4-5-7-17(14)22-18(26)12-25(2)13-19-23-20(24-27-19)15-8-10-16(21)11-9-15/h4-11H,3,12-13H2,1-2H3,(H,22,26)/p+1. The van der Waals surface area contributed by atoms with Crippen LogP contribution in [0.15, 0.2) is 53.1 Å². The number of carbonyl (C=O) groups excluding carboxylic acids is 1. The third-order valence-corrected chi connectivity index (χ3v) is 4.41. The second kappa shape index (κ2) is 8.79. The number of hydrogen-bond donors (Lipinski definition) is 2. The highest BCUT2D eigenvalue weighted by atomic mass is 35.5. The van der Waals surface area contributed by atoms with E-state index in [1.165, 1.54) is 0 Å². The van der Waals surface area contributed by atoms with Crippen LogP contribution in [0.25, 0.3) is 11.4 Å². The van der Waals surface area contributed by atoms with Crippen molar-refractivity contribution in [3.05, 3.63) is 65.0 Å². The molecule has 0 fully saturated rings. The van der Waals surface area contributed by atoms with E-state index in [4.69, 9.17) is 16.1 Å². The fraction of sp³-hybridized carbons (Fsp3) is 0.250. The van der Waals surface area contributed by atoms with Crippen LogP contribution in [0.4, 0.5) is 5.69 Å². The van der Waals surface area contributed by atoms with Gasteiger partial charge >= 0.3 is 0 Å². The van der Waals surface area contributed by atoms with E-state index in [0.717, 1.165) is 28.1 Å². The minimum absolute atomic E-state index is 0.0501. The molecule has 7 heteroatoms. The number of para-hydroxylation sites is 1. The molecular formula is C20H22ClN4O2+. The van der Waals surface area contributed by atoms with Gasteiger partial charge in [-0.25, -0.2) is 0 Å². The lowest BCUT2D eigenvalue weighted by Gasteiger charge is -2.13. The lowest BCUT2D eigenvalue weighted by Crippen LogP contribution is -3.08. The third kappa shape index (κ3) is 5.15. The van der Waals surface area contributed by atoms with Gasteiger partial charge in [0.25, 0.3) is 11.8 Å². The highest BCUT2D eigenvalue weighted by Gasteiger charge is 2.16. The van der Waals surface area contributed by atoms with Crippen LogP contribution in [0, 0.1) is 0 Å². The molecule has 0 saturated heterocycles. The minimum atomic E-state index is -0.0501. The Hall–Kier alpha value is -2.70. The van der Waals surface area contributed by atoms with E-state index in [-0.39, 0.29) is 5.91 Å². The molecule has 1 heterocycles. The van der Waals surface area contributed by atoms with Gasteiger partial charge in [-0.15, -0.1) is 0 Å². The van der Waals surface area contributed by atoms with Crippen molar-refractivity contribution in [1.29, 1.82) is 0 Å². The topological polar surface area (TPSA) is 72.5 Å². The van der Waals surface area contributed by atoms with E-state index in [1.807, 2.05) is 43.4 Å². The maximum atomic E-state index is 12.3. The maximum absolute atomic E-state index is 12.3. The second-order valence-electron chi connectivity index (χ2n) is 6.39. The van der Waals surface area contributed by atoms with Gasteiger partial charge in [-0.2, -0.15) is 4.98 Å². The number of nitrogens with zero attached hydrogens (tertiary/aromatic N) is 2. The first-order valence-corrected chi connectivity index (χ1v) is 9.20. The average molecular weight is 386 g/mol. The van der Waals surface area contributed by atoms with E-state index in [9.17, 15) is 4.79 Å². The molecule has 0 radical (unpaired) electrons. The Morgan fingerprint density at radius 3 is 2.67 bits per heavy atom. The molecule has 3 rings (SSSR count). The molecule has 27 heavy (non-hydrogen) atoms. The van der Waals surface area contributed by atoms with E-state index >= 15 is 0 Å². The number of aryl methyl sites for hydroxylation is 1. The smallest absolute Gasteiger partial charge is 0.282 e. The van der Waals surface area contributed by atoms with Gasteiger partial charge in [0, 0.05) is 16.3 Å². The minimum Gasteiger partial charge on any atom is -0.333 e. The number of aromatic nitrogens is 2. The molecule has 2 aromatic carbocycles. The molecule has 0 bridgehead atoms. The Balaban J connectivity index is 1.57. The molecule has 0 aliphatic carbocycles. The van der Waals surface area contributed by atoms with Crippen LogP contribution in [0.1, 0.15) is 18.4 Å². The van der Waals surface area contributed by atoms with Crippen LogP contribution >= 0.6 is 11.6 Å². The van der Waals surface area contributed by atoms with Crippen LogP contribution in [-0.4, -0.2) is 29.6 Å². The zero-order valence-electron chi connectivity index (χ0n) is 15.3. The number of rotatable bonds is 7. The van der Waals surface area contributed by atoms with Crippen LogP contribution in [-0.2, 0) is 17.8 Å². The third-order valence-electron chi connectivity index (χ3n) is 4.16. The van der Waals surface area contributed by atoms with Crippen molar-refractivity contribution in [2.45, 2.75) is 19.9 Å². The van der Waals surface area contributed by atoms with Crippen molar-refractivity contribution >= 4 is 23.2 Å². The molecule has 6 nitrogen and oxygen atoms in total. The summed E-state index contributed by atoms with van der Waals surface area (Å²) >= 11 is 5.89. The Morgan fingerprint density at radius 2 is 1.93 bits per heavy atom. The van der Waals surface area contributed by atoms with E-state index in [0.29, 0.717) is 29.8 Å². The molecule has 0 aliphatic heterocycles. The Labute approximate surface area is 163 Å². The molecule has 2 N–H and O–H groups in total. The summed E-state index contributed by atoms with van der Waals surface area (Å²) < 4.78 is 5.31. The number of halogens is 1. The first-order valence-electron chi connectivity index (χ1n) is 8.82. The first kappa shape index (κ1) is 19.1. The summed E-state index contributed by atoms with van der Waals surface area (Å²) in [5.74, 6) is 0.945. The van der Waals surface area contributed by atoms with Crippen molar-refractivity contribution in [2.75, 3.05) is 18.9 Å². The Morgan fingerprint density at radius 1 is 1.19 bits per heavy atom. The average Bonchev–Trinajstić information content (AvgIpc) is 3.10. The Kier molecular flexibility index (Phi) is 6.21. The molecule has 1 unspecified atom stereocenters. The molecule has 1 amide bonds. The number of benzene rings is 2. The van der Waals surface area contributed by atoms with Gasteiger partial charge in [0.05, 0.1) is 7.05 Å². The zero-order valence-corrected chi connectivity index (χ0v) is 16.1. The highest BCUT2D eigenvalue weighted by molar-refractivity contribution is 6.30. The van der Waals surface area contributed by atoms with Gasteiger partial charge in [0.1, 0.15) is 0 Å². The molecule has 140 valence electrons. The fourth-order valence-corrected chi connectivity index (χ4v) is 2.91. The summed E-state index contributed by atoms with van der Waals surface area (Å²) in [7, 11) is 1.91. The second-order valence-corrected chi connectivity index (χ2v) is 6.82. The van der Waals surface area contributed by atoms with Crippen molar-refractivity contribution in [3.8, 4) is 11.4 Å². The van der Waals surface area contributed by atoms with Gasteiger partial charge in [-0.1, -0.05) is 41.9 Å². The highest BCUT2D eigenvalue weighted by Crippen LogP contribution is 2.18. The maximum Gasteiger partial charge on any atom is 0.282 e. The van der Waals surface area contributed by atoms with Crippen molar-refractivity contribution in [2.24, 2.45) is 0 Å². The molecule has 3 aromatic rings. The summed E-state index contributed by atoms with van der Waals surface area (Å²) in [6.07, 6.45) is 0.870. The van der Waals surface area contributed by atoms with Gasteiger partial charge in [0.2, 0.25) is 5.82 Å². The number of nitrogens with one attached hydrogen (secondary N) is 2. The number of anilines is 1. The van der Waals surface area contributed by atoms with Gasteiger partial charge in [-0.05, 0) is 42.3 Å². The van der Waals surface area contributed by atoms with Gasteiger partial charge < -0.3 is 14.7 Å². The molecule has 0 spiro atoms. The lowest BCUT2D eigenvalue weighted by molar-refractivity contribution is -0.886. The van der Waals surface area contributed by atoms with Crippen molar-refractivity contribution in [1.82, 2.24) is 10.1 Å². The molecule has 0 aliphatic rings. The normalized spacial score (nSPS) is 12.0. The quantitative estimate of drug-likeness (QED) is 0.655. The van der Waals surface area contributed by atoms with E-state index in [1.54, 1.807) is 12.1 Å². The molecule has 1 aromatic heterocycles. The fourth-order valence-electron chi connectivity index (χ4n) is 2.78. The predicted molar refractivity (Wildman–Crippen MR) is 105 cm³/mol. The molecule has 0 saturated carbocycles. The molecular weight excluding hydrogens is 364 g/mol. The van der Waals surface area contributed by atoms with E-state index in [2.05, 4.69) is 22.4 Å². The van der Waals surface area contributed by atoms with Crippen molar-refractivity contribution in [3.63, 3.8) is 0 Å². The van der Waals surface area contributed by atoms with Crippen LogP contribution in [0.5, 0.6) is 0 Å². The summed E-state index contributed by atoms with van der Waals surface area (Å²) in [6, 6.07) is 15.1. The monoisotopic (exact) mass is 385 g/mol. The molecule has 1 atom stereocenters. The number of hydrogen-bond acceptors (Lipinski definition) is 4.